The van der Waals surface area contributed by atoms with Crippen molar-refractivity contribution in [3.8, 4) is 0 Å². The minimum atomic E-state index is 0.689. The van der Waals surface area contributed by atoms with Crippen molar-refractivity contribution in [2.75, 3.05) is 0 Å². The maximum absolute atomic E-state index is 4.21. The Bertz CT molecular complexity index is 284. The first-order valence-corrected chi connectivity index (χ1v) is 6.81. The topological polar surface area (TPSA) is 0 Å². The van der Waals surface area contributed by atoms with Gasteiger partial charge in [-0.2, -0.15) is 0 Å². The molecule has 0 saturated heterocycles. The Balaban J connectivity index is 1.84. The quantitative estimate of drug-likeness (QED) is 0.570. The fourth-order valence-corrected chi connectivity index (χ4v) is 8.58. The Hall–Kier alpha value is 0.480. The average molecular weight is 239 g/mol. The van der Waals surface area contributed by atoms with Crippen molar-refractivity contribution in [3.05, 3.63) is 0 Å². The zero-order valence-electron chi connectivity index (χ0n) is 7.75. The maximum Gasteiger partial charge on any atom is 0.0353 e. The van der Waals surface area contributed by atoms with Gasteiger partial charge in [-0.3, -0.25) is 0 Å². The molecule has 0 aromatic heterocycles. The van der Waals surface area contributed by atoms with Gasteiger partial charge < -0.3 is 0 Å². The molecule has 6 aliphatic carbocycles. The highest BCUT2D eigenvalue weighted by atomic mass is 79.9. The average Bonchev–Trinajstić information content (AvgIpc) is 2.79. The van der Waals surface area contributed by atoms with Gasteiger partial charge in [0.1, 0.15) is 0 Å². The molecule has 0 aromatic rings. The number of rotatable bonds is 0. The van der Waals surface area contributed by atoms with Crippen LogP contribution in [0.4, 0.5) is 0 Å². The van der Waals surface area contributed by atoms with E-state index in [1.165, 1.54) is 23.7 Å². The van der Waals surface area contributed by atoms with E-state index in [1.807, 2.05) is 0 Å². The third-order valence-corrected chi connectivity index (χ3v) is 8.26. The molecular formula is C12H15Br. The normalized spacial score (nSPS) is 80.5. The monoisotopic (exact) mass is 238 g/mol. The molecule has 6 saturated carbocycles. The summed E-state index contributed by atoms with van der Waals surface area (Å²) in [4.78, 5) is 0. The lowest BCUT2D eigenvalue weighted by atomic mass is 9.71. The van der Waals surface area contributed by atoms with E-state index in [0.717, 1.165) is 17.8 Å². The molecule has 0 spiro atoms. The first kappa shape index (κ1) is 6.87. The summed E-state index contributed by atoms with van der Waals surface area (Å²) in [6.07, 6.45) is 6.31. The van der Waals surface area contributed by atoms with Gasteiger partial charge in [0.15, 0.2) is 0 Å². The van der Waals surface area contributed by atoms with Crippen LogP contribution in [0.3, 0.4) is 0 Å². The third kappa shape index (κ3) is 0.430. The van der Waals surface area contributed by atoms with Crippen molar-refractivity contribution in [2.45, 2.75) is 30.0 Å². The van der Waals surface area contributed by atoms with Crippen LogP contribution in [0.15, 0.2) is 0 Å². The fraction of sp³-hybridized carbons (Fsp3) is 1.00. The number of alkyl halides is 1. The van der Waals surface area contributed by atoms with E-state index in [0.29, 0.717) is 4.32 Å². The molecule has 6 atom stereocenters. The van der Waals surface area contributed by atoms with Crippen LogP contribution in [-0.2, 0) is 0 Å². The van der Waals surface area contributed by atoms with Gasteiger partial charge in [-0.15, -0.1) is 0 Å². The SMILES string of the molecule is BrC12C3CCC4C3C3C(CCC31)C42. The summed E-state index contributed by atoms with van der Waals surface area (Å²) < 4.78 is 0.689. The van der Waals surface area contributed by atoms with Gasteiger partial charge in [-0.05, 0) is 67.1 Å². The highest BCUT2D eigenvalue weighted by molar-refractivity contribution is 9.10. The van der Waals surface area contributed by atoms with Gasteiger partial charge in [0.05, 0.1) is 0 Å². The minimum Gasteiger partial charge on any atom is -0.0844 e. The summed E-state index contributed by atoms with van der Waals surface area (Å²) in [7, 11) is 0. The molecule has 6 aliphatic rings. The summed E-state index contributed by atoms with van der Waals surface area (Å²) in [5.74, 6) is 8.12. The lowest BCUT2D eigenvalue weighted by Gasteiger charge is -2.42. The van der Waals surface area contributed by atoms with E-state index >= 15 is 0 Å². The molecule has 0 nitrogen and oxygen atoms in total. The maximum atomic E-state index is 4.21. The summed E-state index contributed by atoms with van der Waals surface area (Å²) in [5.41, 5.74) is 0. The lowest BCUT2D eigenvalue weighted by molar-refractivity contribution is 0.183. The highest BCUT2D eigenvalue weighted by Gasteiger charge is 2.83. The first-order chi connectivity index (χ1) is 6.33. The molecule has 13 heavy (non-hydrogen) atoms. The van der Waals surface area contributed by atoms with Crippen molar-refractivity contribution in [3.63, 3.8) is 0 Å². The van der Waals surface area contributed by atoms with Crippen LogP contribution in [0.2, 0.25) is 0 Å². The van der Waals surface area contributed by atoms with Gasteiger partial charge in [0.25, 0.3) is 0 Å². The van der Waals surface area contributed by atoms with Gasteiger partial charge >= 0.3 is 0 Å². The summed E-state index contributed by atoms with van der Waals surface area (Å²) in [6, 6.07) is 0. The lowest BCUT2D eigenvalue weighted by Crippen LogP contribution is -2.42. The van der Waals surface area contributed by atoms with Crippen molar-refractivity contribution >= 4 is 15.9 Å². The van der Waals surface area contributed by atoms with Crippen LogP contribution < -0.4 is 0 Å². The van der Waals surface area contributed by atoms with Crippen molar-refractivity contribution in [1.29, 1.82) is 0 Å². The second-order valence-corrected chi connectivity index (χ2v) is 7.58. The standard InChI is InChI=1S/C12H15Br/c13-12-7-3-1-5-9(7)10-6(11(5)12)2-4-8(10)12/h5-11H,1-4H2. The van der Waals surface area contributed by atoms with Crippen LogP contribution in [-0.4, -0.2) is 4.32 Å². The van der Waals surface area contributed by atoms with Gasteiger partial charge in [-0.1, -0.05) is 15.9 Å². The van der Waals surface area contributed by atoms with Crippen LogP contribution in [0.5, 0.6) is 0 Å². The van der Waals surface area contributed by atoms with E-state index in [2.05, 4.69) is 15.9 Å². The fourth-order valence-electron chi connectivity index (χ4n) is 6.83. The summed E-state index contributed by atoms with van der Waals surface area (Å²) in [6.45, 7) is 0. The molecule has 0 radical (unpaired) electrons. The Labute approximate surface area is 87.6 Å². The molecule has 6 unspecified atom stereocenters. The zero-order chi connectivity index (χ0) is 8.37. The van der Waals surface area contributed by atoms with Crippen LogP contribution >= 0.6 is 15.9 Å². The molecule has 0 heterocycles. The Kier molecular flexibility index (Phi) is 0.877. The van der Waals surface area contributed by atoms with Crippen molar-refractivity contribution in [1.82, 2.24) is 0 Å². The van der Waals surface area contributed by atoms with Crippen LogP contribution in [0.1, 0.15) is 25.7 Å². The molecule has 1 heteroatoms. The Morgan fingerprint density at radius 3 is 1.85 bits per heavy atom. The highest BCUT2D eigenvalue weighted by Crippen LogP contribution is 2.86. The zero-order valence-corrected chi connectivity index (χ0v) is 9.33. The molecule has 0 aromatic carbocycles. The molecule has 70 valence electrons. The number of hydrogen-bond donors (Lipinski definition) is 0. The molecule has 6 fully saturated rings. The van der Waals surface area contributed by atoms with Crippen molar-refractivity contribution < 1.29 is 0 Å². The predicted molar refractivity (Wildman–Crippen MR) is 54.6 cm³/mol. The molecule has 0 N–H and O–H groups in total. The molecular weight excluding hydrogens is 224 g/mol. The number of hydrogen-bond acceptors (Lipinski definition) is 0. The second kappa shape index (κ2) is 1.66. The van der Waals surface area contributed by atoms with Crippen molar-refractivity contribution in [2.24, 2.45) is 41.4 Å². The molecule has 0 aliphatic heterocycles. The van der Waals surface area contributed by atoms with E-state index in [4.69, 9.17) is 0 Å². The Morgan fingerprint density at radius 2 is 1.38 bits per heavy atom. The second-order valence-electron chi connectivity index (χ2n) is 6.20. The first-order valence-electron chi connectivity index (χ1n) is 6.02. The van der Waals surface area contributed by atoms with E-state index in [1.54, 1.807) is 25.7 Å². The van der Waals surface area contributed by atoms with Crippen LogP contribution in [0, 0.1) is 41.4 Å². The van der Waals surface area contributed by atoms with E-state index < -0.39 is 0 Å². The van der Waals surface area contributed by atoms with E-state index in [9.17, 15) is 0 Å². The molecule has 8 bridgehead atoms. The summed E-state index contributed by atoms with van der Waals surface area (Å²) >= 11 is 4.21. The van der Waals surface area contributed by atoms with Gasteiger partial charge in [0, 0.05) is 4.32 Å². The van der Waals surface area contributed by atoms with Gasteiger partial charge in [0.2, 0.25) is 0 Å². The van der Waals surface area contributed by atoms with E-state index in [-0.39, 0.29) is 0 Å². The third-order valence-electron chi connectivity index (χ3n) is 6.55. The van der Waals surface area contributed by atoms with Crippen LogP contribution in [0.25, 0.3) is 0 Å². The minimum absolute atomic E-state index is 0.689. The number of halogens is 1. The molecule has 0 amide bonds. The predicted octanol–water partition coefficient (Wildman–Crippen LogP) is 3.06. The Morgan fingerprint density at radius 1 is 0.846 bits per heavy atom. The smallest absolute Gasteiger partial charge is 0.0353 e. The molecule has 6 rings (SSSR count). The largest absolute Gasteiger partial charge is 0.0844 e. The summed E-state index contributed by atoms with van der Waals surface area (Å²) in [5, 5.41) is 0. The van der Waals surface area contributed by atoms with Gasteiger partial charge in [-0.25, -0.2) is 0 Å².